The van der Waals surface area contributed by atoms with Gasteiger partial charge in [-0.25, -0.2) is 4.79 Å². The average molecular weight is 436 g/mol. The molecule has 0 spiro atoms. The van der Waals surface area contributed by atoms with Crippen molar-refractivity contribution in [1.82, 2.24) is 4.57 Å². The number of thiazole rings is 1. The van der Waals surface area contributed by atoms with E-state index < -0.39 is 17.5 Å². The van der Waals surface area contributed by atoms with Crippen molar-refractivity contribution < 1.29 is 18.7 Å². The van der Waals surface area contributed by atoms with Crippen molar-refractivity contribution in [3.05, 3.63) is 74.9 Å². The number of carbonyl (C=O) groups is 2. The van der Waals surface area contributed by atoms with Gasteiger partial charge in [0.2, 0.25) is 0 Å². The van der Waals surface area contributed by atoms with E-state index in [4.69, 9.17) is 9.15 Å². The highest BCUT2D eigenvalue weighted by molar-refractivity contribution is 7.16. The minimum Gasteiger partial charge on any atom is -0.465 e. The highest BCUT2D eigenvalue weighted by atomic mass is 32.1. The van der Waals surface area contributed by atoms with E-state index in [1.54, 1.807) is 35.8 Å². The van der Waals surface area contributed by atoms with Gasteiger partial charge < -0.3 is 13.7 Å². The molecule has 31 heavy (non-hydrogen) atoms. The van der Waals surface area contributed by atoms with E-state index in [2.05, 4.69) is 11.9 Å². The fraction of sp³-hybridized carbons (Fsp3) is 0.217. The Morgan fingerprint density at radius 1 is 1.13 bits per heavy atom. The van der Waals surface area contributed by atoms with Crippen LogP contribution in [0.15, 0.2) is 62.7 Å². The zero-order valence-corrected chi connectivity index (χ0v) is 17.9. The first-order valence-electron chi connectivity index (χ1n) is 9.90. The summed E-state index contributed by atoms with van der Waals surface area (Å²) in [6.07, 6.45) is 0.856. The van der Waals surface area contributed by atoms with Crippen molar-refractivity contribution in [2.45, 2.75) is 26.8 Å². The number of rotatable bonds is 5. The molecule has 8 heteroatoms. The van der Waals surface area contributed by atoms with Gasteiger partial charge >= 0.3 is 11.6 Å². The van der Waals surface area contributed by atoms with E-state index in [9.17, 15) is 14.4 Å². The Morgan fingerprint density at radius 2 is 1.94 bits per heavy atom. The molecule has 0 unspecified atom stereocenters. The van der Waals surface area contributed by atoms with Gasteiger partial charge in [-0.05, 0) is 43.2 Å². The molecule has 0 atom stereocenters. The Balaban J connectivity index is 1.85. The van der Waals surface area contributed by atoms with Gasteiger partial charge in [-0.2, -0.15) is 4.99 Å². The van der Waals surface area contributed by atoms with Crippen molar-refractivity contribution >= 4 is 44.4 Å². The maximum Gasteiger partial charge on any atom is 0.349 e. The summed E-state index contributed by atoms with van der Waals surface area (Å²) in [5.74, 6) is -1.15. The number of hydrogen-bond donors (Lipinski definition) is 0. The molecule has 2 aromatic carbocycles. The number of ether oxygens (including phenoxy) is 1. The van der Waals surface area contributed by atoms with E-state index in [0.29, 0.717) is 15.8 Å². The normalized spacial score (nSPS) is 11.9. The maximum atomic E-state index is 12.9. The van der Waals surface area contributed by atoms with Crippen LogP contribution in [0, 0.1) is 0 Å². The second kappa shape index (κ2) is 8.69. The van der Waals surface area contributed by atoms with Crippen LogP contribution >= 0.6 is 11.3 Å². The molecule has 1 amide bonds. The summed E-state index contributed by atoms with van der Waals surface area (Å²) in [5, 5.41) is 0.629. The summed E-state index contributed by atoms with van der Waals surface area (Å²) in [4.78, 5) is 41.9. The molecule has 0 saturated heterocycles. The lowest BCUT2D eigenvalue weighted by Gasteiger charge is -2.05. The molecule has 7 nitrogen and oxygen atoms in total. The van der Waals surface area contributed by atoms with Crippen LogP contribution in [-0.4, -0.2) is 23.1 Å². The monoisotopic (exact) mass is 436 g/mol. The van der Waals surface area contributed by atoms with Crippen LogP contribution in [0.5, 0.6) is 0 Å². The van der Waals surface area contributed by atoms with Crippen LogP contribution in [0.3, 0.4) is 0 Å². The third kappa shape index (κ3) is 4.20. The molecule has 2 heterocycles. The molecule has 158 valence electrons. The van der Waals surface area contributed by atoms with Crippen LogP contribution in [0.4, 0.5) is 0 Å². The topological polar surface area (TPSA) is 90.9 Å². The van der Waals surface area contributed by atoms with Crippen molar-refractivity contribution in [3.63, 3.8) is 0 Å². The Kier molecular flexibility index (Phi) is 5.81. The number of amides is 1. The zero-order chi connectivity index (χ0) is 22.0. The van der Waals surface area contributed by atoms with Crippen LogP contribution in [0.25, 0.3) is 21.2 Å². The van der Waals surface area contributed by atoms with Crippen LogP contribution in [-0.2, 0) is 22.5 Å². The Labute approximate surface area is 181 Å². The molecule has 2 aromatic heterocycles. The molecule has 0 bridgehead atoms. The number of nitrogens with zero attached hydrogens (tertiary/aromatic N) is 2. The van der Waals surface area contributed by atoms with E-state index >= 15 is 0 Å². The summed E-state index contributed by atoms with van der Waals surface area (Å²) in [6.45, 7) is 3.95. The first-order chi connectivity index (χ1) is 15.0. The second-order valence-electron chi connectivity index (χ2n) is 6.83. The summed E-state index contributed by atoms with van der Waals surface area (Å²) in [5.41, 5.74) is 1.39. The van der Waals surface area contributed by atoms with Crippen molar-refractivity contribution in [3.8, 4) is 0 Å². The Hall–Kier alpha value is -3.52. The quantitative estimate of drug-likeness (QED) is 0.352. The lowest BCUT2D eigenvalue weighted by Crippen LogP contribution is -2.24. The predicted molar refractivity (Wildman–Crippen MR) is 118 cm³/mol. The molecular weight excluding hydrogens is 416 g/mol. The average Bonchev–Trinajstić information content (AvgIpc) is 3.09. The number of para-hydroxylation sites is 1. The summed E-state index contributed by atoms with van der Waals surface area (Å²) in [6, 6.07) is 14.3. The first-order valence-corrected chi connectivity index (χ1v) is 10.7. The van der Waals surface area contributed by atoms with Crippen LogP contribution in [0.1, 0.15) is 29.8 Å². The first kappa shape index (κ1) is 20.7. The molecule has 0 radical (unpaired) electrons. The number of carbonyl (C=O) groups excluding carboxylic acids is 2. The van der Waals surface area contributed by atoms with E-state index in [0.717, 1.165) is 22.2 Å². The molecular formula is C23H20N2O5S. The SMILES string of the molecule is CCOC(=O)Cn1c(=NC(=O)c2cc3ccccc3oc2=O)sc2cc(CC)ccc21. The largest absolute Gasteiger partial charge is 0.465 e. The van der Waals surface area contributed by atoms with Gasteiger partial charge in [0.1, 0.15) is 17.7 Å². The van der Waals surface area contributed by atoms with Crippen LogP contribution < -0.4 is 10.4 Å². The number of aryl methyl sites for hydroxylation is 1. The van der Waals surface area contributed by atoms with Gasteiger partial charge in [0.05, 0.1) is 16.8 Å². The maximum absolute atomic E-state index is 12.9. The van der Waals surface area contributed by atoms with E-state index in [1.165, 1.54) is 17.4 Å². The summed E-state index contributed by atoms with van der Waals surface area (Å²) < 4.78 is 12.9. The van der Waals surface area contributed by atoms with E-state index in [1.807, 2.05) is 18.2 Å². The molecule has 4 rings (SSSR count). The summed E-state index contributed by atoms with van der Waals surface area (Å²) in [7, 11) is 0. The third-order valence-corrected chi connectivity index (χ3v) is 5.86. The van der Waals surface area contributed by atoms with Crippen LogP contribution in [0.2, 0.25) is 0 Å². The molecule has 4 aromatic rings. The van der Waals surface area contributed by atoms with Gasteiger partial charge in [-0.15, -0.1) is 0 Å². The smallest absolute Gasteiger partial charge is 0.349 e. The number of hydrogen-bond acceptors (Lipinski definition) is 6. The van der Waals surface area contributed by atoms with Gasteiger partial charge in [-0.1, -0.05) is 42.5 Å². The molecule has 0 aliphatic rings. The van der Waals surface area contributed by atoms with Crippen molar-refractivity contribution in [1.29, 1.82) is 0 Å². The number of fused-ring (bicyclic) bond motifs is 2. The van der Waals surface area contributed by atoms with Crippen molar-refractivity contribution in [2.24, 2.45) is 4.99 Å². The minimum atomic E-state index is -0.751. The highest BCUT2D eigenvalue weighted by Gasteiger charge is 2.16. The summed E-state index contributed by atoms with van der Waals surface area (Å²) >= 11 is 1.28. The number of esters is 1. The zero-order valence-electron chi connectivity index (χ0n) is 17.1. The molecule has 0 aliphatic heterocycles. The van der Waals surface area contributed by atoms with Crippen molar-refractivity contribution in [2.75, 3.05) is 6.61 Å². The van der Waals surface area contributed by atoms with Gasteiger partial charge in [0.15, 0.2) is 4.80 Å². The van der Waals surface area contributed by atoms with E-state index in [-0.39, 0.29) is 18.7 Å². The van der Waals surface area contributed by atoms with Gasteiger partial charge in [0, 0.05) is 5.39 Å². The van der Waals surface area contributed by atoms with Gasteiger partial charge in [-0.3, -0.25) is 9.59 Å². The predicted octanol–water partition coefficient (Wildman–Crippen LogP) is 3.68. The molecule has 0 saturated carbocycles. The number of benzene rings is 2. The lowest BCUT2D eigenvalue weighted by atomic mass is 10.2. The molecule has 0 N–H and O–H groups in total. The Morgan fingerprint density at radius 3 is 2.71 bits per heavy atom. The minimum absolute atomic E-state index is 0.0856. The fourth-order valence-corrected chi connectivity index (χ4v) is 4.36. The number of aromatic nitrogens is 1. The fourth-order valence-electron chi connectivity index (χ4n) is 3.27. The Bertz CT molecular complexity index is 1430. The molecule has 0 fully saturated rings. The standard InChI is InChI=1S/C23H20N2O5S/c1-3-14-9-10-17-19(11-14)31-23(25(17)13-20(26)29-4-2)24-21(27)16-12-15-7-5-6-8-18(15)30-22(16)28/h5-12H,3-4,13H2,1-2H3. The second-order valence-corrected chi connectivity index (χ2v) is 7.84. The van der Waals surface area contributed by atoms with Gasteiger partial charge in [0.25, 0.3) is 5.91 Å². The molecule has 0 aliphatic carbocycles. The third-order valence-electron chi connectivity index (χ3n) is 4.82. The highest BCUT2D eigenvalue weighted by Crippen LogP contribution is 2.20. The lowest BCUT2D eigenvalue weighted by molar-refractivity contribution is -0.143.